The molecule has 0 fully saturated rings. The molecule has 0 atom stereocenters. The van der Waals surface area contributed by atoms with Crippen LogP contribution in [0.1, 0.15) is 5.56 Å². The number of nitro benzene ring substituents is 2. The average Bonchev–Trinajstić information content (AvgIpc) is 2.48. The lowest BCUT2D eigenvalue weighted by Crippen LogP contribution is -2.02. The summed E-state index contributed by atoms with van der Waals surface area (Å²) in [6.45, 7) is 0. The molecule has 0 amide bonds. The van der Waals surface area contributed by atoms with Gasteiger partial charge in [0.25, 0.3) is 11.4 Å². The highest BCUT2D eigenvalue weighted by Gasteiger charge is 2.11. The van der Waals surface area contributed by atoms with Gasteiger partial charge in [-0.2, -0.15) is 0 Å². The molecule has 0 heterocycles. The second kappa shape index (κ2) is 6.40. The topological polar surface area (TPSA) is 145 Å². The molecule has 2 aromatic rings. The standard InChI is InChI=1S/C13H8BrN3O6/c14-8-3-7(13(19)11(4-8)17(22)23)6-15-10-5-9(16(20)21)1-2-12(10)18/h1-6,18-19H/p-2. The molecule has 0 aliphatic heterocycles. The molecule has 0 saturated heterocycles. The maximum Gasteiger partial charge on any atom is 0.271 e. The van der Waals surface area contributed by atoms with E-state index in [2.05, 4.69) is 20.9 Å². The first-order valence-electron chi connectivity index (χ1n) is 5.94. The Hall–Kier alpha value is -3.01. The van der Waals surface area contributed by atoms with Crippen LogP contribution < -0.4 is 10.2 Å². The second-order valence-electron chi connectivity index (χ2n) is 4.27. The molecular formula is C13H6BrN3O6-2. The largest absolute Gasteiger partial charge is 0.871 e. The Morgan fingerprint density at radius 3 is 2.35 bits per heavy atom. The minimum Gasteiger partial charge on any atom is -0.871 e. The predicted octanol–water partition coefficient (Wildman–Crippen LogP) is 2.16. The van der Waals surface area contributed by atoms with Gasteiger partial charge in [-0.3, -0.25) is 25.2 Å². The van der Waals surface area contributed by atoms with Gasteiger partial charge in [-0.1, -0.05) is 27.7 Å². The summed E-state index contributed by atoms with van der Waals surface area (Å²) >= 11 is 3.03. The molecule has 0 saturated carbocycles. The number of rotatable bonds is 4. The van der Waals surface area contributed by atoms with Crippen LogP contribution in [0.5, 0.6) is 11.5 Å². The summed E-state index contributed by atoms with van der Waals surface area (Å²) in [5, 5.41) is 45.0. The maximum atomic E-state index is 11.9. The predicted molar refractivity (Wildman–Crippen MR) is 80.0 cm³/mol. The van der Waals surface area contributed by atoms with Gasteiger partial charge in [0.2, 0.25) is 0 Å². The Morgan fingerprint density at radius 1 is 1.04 bits per heavy atom. The van der Waals surface area contributed by atoms with Crippen molar-refractivity contribution in [3.05, 3.63) is 60.6 Å². The number of halogens is 1. The minimum atomic E-state index is -0.875. The number of aliphatic imine (C=N–C) groups is 1. The molecule has 23 heavy (non-hydrogen) atoms. The molecule has 0 N–H and O–H groups in total. The van der Waals surface area contributed by atoms with Crippen molar-refractivity contribution in [2.75, 3.05) is 0 Å². The zero-order valence-corrected chi connectivity index (χ0v) is 12.7. The SMILES string of the molecule is O=[N+]([O-])c1ccc([O-])c(N=Cc2cc(Br)cc([N+](=O)[O-])c2[O-])c1. The van der Waals surface area contributed by atoms with Gasteiger partial charge in [0, 0.05) is 28.9 Å². The molecule has 0 aromatic heterocycles. The lowest BCUT2D eigenvalue weighted by atomic mass is 10.2. The fourth-order valence-electron chi connectivity index (χ4n) is 1.69. The monoisotopic (exact) mass is 379 g/mol. The molecule has 0 bridgehead atoms. The third kappa shape index (κ3) is 3.61. The van der Waals surface area contributed by atoms with Crippen LogP contribution in [-0.2, 0) is 0 Å². The van der Waals surface area contributed by atoms with Crippen LogP contribution in [0.15, 0.2) is 39.8 Å². The summed E-state index contributed by atoms with van der Waals surface area (Å²) in [6, 6.07) is 5.30. The third-order valence-electron chi connectivity index (χ3n) is 2.76. The van der Waals surface area contributed by atoms with E-state index >= 15 is 0 Å². The fraction of sp³-hybridized carbons (Fsp3) is 0. The van der Waals surface area contributed by atoms with Crippen LogP contribution in [0.4, 0.5) is 17.1 Å². The highest BCUT2D eigenvalue weighted by molar-refractivity contribution is 9.10. The van der Waals surface area contributed by atoms with E-state index in [1.54, 1.807) is 0 Å². The summed E-state index contributed by atoms with van der Waals surface area (Å²) in [5.74, 6) is -1.45. The second-order valence-corrected chi connectivity index (χ2v) is 5.18. The highest BCUT2D eigenvalue weighted by Crippen LogP contribution is 2.32. The first kappa shape index (κ1) is 16.4. The fourth-order valence-corrected chi connectivity index (χ4v) is 2.15. The van der Waals surface area contributed by atoms with Gasteiger partial charge in [0.15, 0.2) is 0 Å². The lowest BCUT2D eigenvalue weighted by Gasteiger charge is -2.12. The Kier molecular flexibility index (Phi) is 4.55. The third-order valence-corrected chi connectivity index (χ3v) is 3.21. The number of non-ortho nitro benzene ring substituents is 1. The van der Waals surface area contributed by atoms with Gasteiger partial charge in [-0.15, -0.1) is 0 Å². The van der Waals surface area contributed by atoms with Crippen molar-refractivity contribution in [2.24, 2.45) is 4.99 Å². The molecule has 10 heteroatoms. The van der Waals surface area contributed by atoms with E-state index in [1.165, 1.54) is 6.07 Å². The number of benzene rings is 2. The number of nitrogens with zero attached hydrogens (tertiary/aromatic N) is 3. The van der Waals surface area contributed by atoms with Crippen LogP contribution in [0.2, 0.25) is 0 Å². The van der Waals surface area contributed by atoms with Crippen LogP contribution in [0.3, 0.4) is 0 Å². The van der Waals surface area contributed by atoms with E-state index in [0.717, 1.165) is 30.5 Å². The van der Waals surface area contributed by atoms with E-state index in [9.17, 15) is 30.4 Å². The molecule has 2 rings (SSSR count). The first-order chi connectivity index (χ1) is 10.8. The van der Waals surface area contributed by atoms with Crippen molar-refractivity contribution in [2.45, 2.75) is 0 Å². The van der Waals surface area contributed by atoms with Crippen LogP contribution >= 0.6 is 15.9 Å². The normalized spacial score (nSPS) is 10.8. The van der Waals surface area contributed by atoms with E-state index in [0.29, 0.717) is 0 Å². The van der Waals surface area contributed by atoms with Crippen molar-refractivity contribution >= 4 is 39.2 Å². The Balaban J connectivity index is 2.47. The number of nitro groups is 2. The maximum absolute atomic E-state index is 11.9. The molecule has 0 aliphatic carbocycles. The van der Waals surface area contributed by atoms with E-state index in [4.69, 9.17) is 0 Å². The number of hydrogen-bond acceptors (Lipinski definition) is 7. The van der Waals surface area contributed by atoms with Gasteiger partial charge in [0.05, 0.1) is 15.5 Å². The summed E-state index contributed by atoms with van der Waals surface area (Å²) in [5.41, 5.74) is -1.36. The minimum absolute atomic E-state index is 0.128. The molecule has 118 valence electrons. The van der Waals surface area contributed by atoms with Gasteiger partial charge >= 0.3 is 0 Å². The smallest absolute Gasteiger partial charge is 0.271 e. The number of hydrogen-bond donors (Lipinski definition) is 0. The summed E-state index contributed by atoms with van der Waals surface area (Å²) < 4.78 is 0.284. The molecule has 0 spiro atoms. The summed E-state index contributed by atoms with van der Waals surface area (Å²) in [4.78, 5) is 23.7. The molecule has 9 nitrogen and oxygen atoms in total. The van der Waals surface area contributed by atoms with Crippen LogP contribution in [-0.4, -0.2) is 16.1 Å². The molecular weight excluding hydrogens is 374 g/mol. The average molecular weight is 380 g/mol. The van der Waals surface area contributed by atoms with E-state index < -0.39 is 27.0 Å². The van der Waals surface area contributed by atoms with Gasteiger partial charge in [-0.05, 0) is 17.4 Å². The van der Waals surface area contributed by atoms with Crippen molar-refractivity contribution in [1.29, 1.82) is 0 Å². The Bertz CT molecular complexity index is 837. The summed E-state index contributed by atoms with van der Waals surface area (Å²) in [7, 11) is 0. The van der Waals surface area contributed by atoms with Crippen molar-refractivity contribution in [1.82, 2.24) is 0 Å². The quantitative estimate of drug-likeness (QED) is 0.451. The summed E-state index contributed by atoms with van der Waals surface area (Å²) in [6.07, 6.45) is 0.959. The highest BCUT2D eigenvalue weighted by atomic mass is 79.9. The van der Waals surface area contributed by atoms with Gasteiger partial charge < -0.3 is 10.2 Å². The van der Waals surface area contributed by atoms with Crippen molar-refractivity contribution in [3.8, 4) is 11.5 Å². The Morgan fingerprint density at radius 2 is 1.74 bits per heavy atom. The van der Waals surface area contributed by atoms with Crippen molar-refractivity contribution in [3.63, 3.8) is 0 Å². The molecule has 0 radical (unpaired) electrons. The molecule has 2 aromatic carbocycles. The lowest BCUT2D eigenvalue weighted by molar-refractivity contribution is -0.398. The Labute approximate surface area is 137 Å². The van der Waals surface area contributed by atoms with E-state index in [1.807, 2.05) is 0 Å². The van der Waals surface area contributed by atoms with Crippen molar-refractivity contribution < 1.29 is 20.1 Å². The van der Waals surface area contributed by atoms with Gasteiger partial charge in [0.1, 0.15) is 0 Å². The first-order valence-corrected chi connectivity index (χ1v) is 6.73. The molecule has 0 aliphatic rings. The van der Waals surface area contributed by atoms with Crippen LogP contribution in [0, 0.1) is 20.2 Å². The molecule has 0 unspecified atom stereocenters. The zero-order valence-electron chi connectivity index (χ0n) is 11.1. The van der Waals surface area contributed by atoms with E-state index in [-0.39, 0.29) is 21.4 Å². The van der Waals surface area contributed by atoms with Crippen LogP contribution in [0.25, 0.3) is 0 Å². The zero-order chi connectivity index (χ0) is 17.1. The van der Waals surface area contributed by atoms with Gasteiger partial charge in [-0.25, -0.2) is 0 Å².